The molecule has 2 aromatic carbocycles. The summed E-state index contributed by atoms with van der Waals surface area (Å²) >= 11 is 1.55. The first kappa shape index (κ1) is 38.1. The Bertz CT molecular complexity index is 1470. The molecule has 262 valence electrons. The van der Waals surface area contributed by atoms with Crippen LogP contribution in [0.4, 0.5) is 0 Å². The van der Waals surface area contributed by atoms with E-state index < -0.39 is 8.32 Å². The summed E-state index contributed by atoms with van der Waals surface area (Å²) in [6.07, 6.45) is 10.1. The summed E-state index contributed by atoms with van der Waals surface area (Å²) in [7, 11) is 1.26. The molecule has 0 bridgehead atoms. The Kier molecular flexibility index (Phi) is 14.1. The Morgan fingerprint density at radius 2 is 1.67 bits per heavy atom. The minimum Gasteiger partial charge on any atom is -0.497 e. The van der Waals surface area contributed by atoms with Crippen LogP contribution >= 0.6 is 11.3 Å². The molecule has 5 nitrogen and oxygen atoms in total. The third-order valence-corrected chi connectivity index (χ3v) is 15.9. The van der Waals surface area contributed by atoms with Gasteiger partial charge < -0.3 is 18.6 Å². The second-order valence-corrected chi connectivity index (χ2v) is 20.7. The van der Waals surface area contributed by atoms with Gasteiger partial charge >= 0.3 is 5.97 Å². The molecule has 0 saturated heterocycles. The smallest absolute Gasteiger partial charge is 0.348 e. The van der Waals surface area contributed by atoms with Crippen molar-refractivity contribution in [1.82, 2.24) is 0 Å². The highest BCUT2D eigenvalue weighted by atomic mass is 32.1. The third kappa shape index (κ3) is 10.4. The molecular weight excluding hydrogens is 633 g/mol. The summed E-state index contributed by atoms with van der Waals surface area (Å²) in [5.41, 5.74) is 6.68. The fourth-order valence-electron chi connectivity index (χ4n) is 6.25. The average Bonchev–Trinajstić information content (AvgIpc) is 3.72. The van der Waals surface area contributed by atoms with Crippen molar-refractivity contribution >= 4 is 31.2 Å². The van der Waals surface area contributed by atoms with Crippen molar-refractivity contribution in [2.45, 2.75) is 116 Å². The lowest BCUT2D eigenvalue weighted by Crippen LogP contribution is -2.41. The van der Waals surface area contributed by atoms with Crippen LogP contribution in [0, 0.1) is 5.92 Å². The van der Waals surface area contributed by atoms with Gasteiger partial charge in [-0.2, -0.15) is 0 Å². The van der Waals surface area contributed by atoms with Crippen LogP contribution in [0.2, 0.25) is 18.1 Å². The van der Waals surface area contributed by atoms with E-state index in [1.807, 2.05) is 18.2 Å². The van der Waals surface area contributed by atoms with Gasteiger partial charge in [0.15, 0.2) is 8.32 Å². The molecule has 0 radical (unpaired) electrons. The number of unbranched alkanes of at least 4 members (excludes halogenated alkanes) is 2. The number of benzene rings is 2. The molecule has 0 aliphatic heterocycles. The van der Waals surface area contributed by atoms with Gasteiger partial charge in [-0.05, 0) is 115 Å². The zero-order chi connectivity index (χ0) is 34.7. The zero-order valence-electron chi connectivity index (χ0n) is 30.7. The maximum Gasteiger partial charge on any atom is 0.348 e. The Morgan fingerprint density at radius 1 is 0.938 bits per heavy atom. The Morgan fingerprint density at radius 3 is 2.31 bits per heavy atom. The van der Waals surface area contributed by atoms with E-state index >= 15 is 0 Å². The van der Waals surface area contributed by atoms with E-state index in [2.05, 4.69) is 83.3 Å². The van der Waals surface area contributed by atoms with Crippen molar-refractivity contribution in [3.8, 4) is 5.75 Å². The highest BCUT2D eigenvalue weighted by Gasteiger charge is 2.38. The first-order valence-electron chi connectivity index (χ1n) is 17.8. The first-order chi connectivity index (χ1) is 23.0. The van der Waals surface area contributed by atoms with Gasteiger partial charge in [0.2, 0.25) is 0 Å². The molecule has 3 aromatic rings. The molecule has 0 N–H and O–H groups in total. The van der Waals surface area contributed by atoms with Crippen LogP contribution in [-0.4, -0.2) is 35.1 Å². The van der Waals surface area contributed by atoms with E-state index in [0.29, 0.717) is 17.4 Å². The topological polar surface area (TPSA) is 54.0 Å². The number of methoxy groups -OCH3 is 2. The van der Waals surface area contributed by atoms with Crippen LogP contribution in [-0.2, 0) is 26.9 Å². The van der Waals surface area contributed by atoms with E-state index in [-0.39, 0.29) is 17.1 Å². The second-order valence-electron chi connectivity index (χ2n) is 14.7. The van der Waals surface area contributed by atoms with Gasteiger partial charge in [0.1, 0.15) is 10.6 Å². The number of ether oxygens (including phenoxy) is 3. The van der Waals surface area contributed by atoms with Gasteiger partial charge in [-0.25, -0.2) is 4.79 Å². The van der Waals surface area contributed by atoms with Crippen LogP contribution in [0.15, 0.2) is 66.2 Å². The summed E-state index contributed by atoms with van der Waals surface area (Å²) in [6, 6.07) is 21.4. The lowest BCUT2D eigenvalue weighted by molar-refractivity contribution is 0.0322. The monoisotopic (exact) mass is 690 g/mol. The maximum atomic E-state index is 12.0. The fraction of sp³-hybridized carbons (Fsp3) is 0.537. The van der Waals surface area contributed by atoms with Crippen LogP contribution < -0.4 is 4.74 Å². The highest BCUT2D eigenvalue weighted by molar-refractivity contribution is 7.13. The van der Waals surface area contributed by atoms with Crippen molar-refractivity contribution in [2.24, 2.45) is 5.92 Å². The van der Waals surface area contributed by atoms with Crippen molar-refractivity contribution in [2.75, 3.05) is 20.8 Å². The van der Waals surface area contributed by atoms with E-state index in [4.69, 9.17) is 18.6 Å². The molecule has 0 spiro atoms. The molecule has 0 fully saturated rings. The van der Waals surface area contributed by atoms with Crippen LogP contribution in [0.25, 0.3) is 5.57 Å². The fourth-order valence-corrected chi connectivity index (χ4v) is 8.18. The quantitative estimate of drug-likeness (QED) is 0.0755. The molecule has 0 amide bonds. The second kappa shape index (κ2) is 17.8. The highest BCUT2D eigenvalue weighted by Crippen LogP contribution is 2.44. The number of thiophene rings is 1. The summed E-state index contributed by atoms with van der Waals surface area (Å²) in [5, 5.41) is 0.176. The maximum absolute atomic E-state index is 12.0. The van der Waals surface area contributed by atoms with Gasteiger partial charge in [0, 0.05) is 4.88 Å². The number of rotatable bonds is 18. The lowest BCUT2D eigenvalue weighted by atomic mass is 9.88. The summed E-state index contributed by atoms with van der Waals surface area (Å²) < 4.78 is 23.6. The number of carbonyl (C=O) groups excluding carboxylic acids is 1. The Balaban J connectivity index is 1.52. The summed E-state index contributed by atoms with van der Waals surface area (Å²) in [5.74, 6) is 1.11. The predicted molar refractivity (Wildman–Crippen MR) is 202 cm³/mol. The molecule has 4 rings (SSSR count). The van der Waals surface area contributed by atoms with Gasteiger partial charge in [0.25, 0.3) is 0 Å². The van der Waals surface area contributed by atoms with Crippen molar-refractivity contribution in [1.29, 1.82) is 0 Å². The van der Waals surface area contributed by atoms with E-state index in [1.54, 1.807) is 18.4 Å². The molecule has 7 heteroatoms. The van der Waals surface area contributed by atoms with Gasteiger partial charge in [-0.1, -0.05) is 83.4 Å². The predicted octanol–water partition coefficient (Wildman–Crippen LogP) is 11.6. The third-order valence-electron chi connectivity index (χ3n) is 10.3. The number of hydrogen-bond acceptors (Lipinski definition) is 6. The standard InChI is InChI=1S/C41H58O5SSi/c1-9-10-11-15-37(45-28-30-16-24-35(43-5)25-17-30)31-18-20-33(21-19-31)39-32(13-12-14-36-26-27-38(47-36)40(42)44-6)22-23-34(39)29-46-48(7,8)41(2,3)4/h16-21,24-27,32,37H,9-15,22-23,28-29H2,1-8H3/t32?,37-/m0/s1. The van der Waals surface area contributed by atoms with E-state index in [9.17, 15) is 4.79 Å². The van der Waals surface area contributed by atoms with E-state index in [1.165, 1.54) is 47.1 Å². The average molecular weight is 691 g/mol. The number of carbonyl (C=O) groups is 1. The van der Waals surface area contributed by atoms with Gasteiger partial charge in [-0.15, -0.1) is 11.3 Å². The molecule has 1 aliphatic rings. The van der Waals surface area contributed by atoms with E-state index in [0.717, 1.165) is 62.9 Å². The molecule has 1 aromatic heterocycles. The van der Waals surface area contributed by atoms with Crippen molar-refractivity contribution in [3.63, 3.8) is 0 Å². The number of allylic oxidation sites excluding steroid dienone is 1. The molecule has 0 saturated carbocycles. The van der Waals surface area contributed by atoms with Crippen LogP contribution in [0.3, 0.4) is 0 Å². The number of aryl methyl sites for hydroxylation is 1. The molecule has 1 unspecified atom stereocenters. The van der Waals surface area contributed by atoms with Gasteiger partial charge in [-0.3, -0.25) is 0 Å². The SMILES string of the molecule is CCCCC[C@H](OCc1ccc(OC)cc1)c1ccc(C2=C(CO[Si](C)(C)C(C)(C)C)CCC2CCCc2ccc(C(=O)OC)s2)cc1. The molecule has 1 heterocycles. The van der Waals surface area contributed by atoms with Gasteiger partial charge in [0.05, 0.1) is 33.5 Å². The molecule has 2 atom stereocenters. The molecular formula is C41H58O5SSi. The largest absolute Gasteiger partial charge is 0.497 e. The lowest BCUT2D eigenvalue weighted by Gasteiger charge is -2.36. The summed E-state index contributed by atoms with van der Waals surface area (Å²) in [6.45, 7) is 15.2. The van der Waals surface area contributed by atoms with Crippen LogP contribution in [0.5, 0.6) is 5.75 Å². The van der Waals surface area contributed by atoms with Crippen molar-refractivity contribution in [3.05, 3.63) is 92.7 Å². The molecule has 1 aliphatic carbocycles. The Hall–Kier alpha value is -2.71. The normalized spacial score (nSPS) is 16.0. The molecule has 48 heavy (non-hydrogen) atoms. The number of hydrogen-bond donors (Lipinski definition) is 0. The number of esters is 1. The minimum absolute atomic E-state index is 0.0584. The Labute approximate surface area is 295 Å². The van der Waals surface area contributed by atoms with Crippen molar-refractivity contribution < 1.29 is 23.4 Å². The zero-order valence-corrected chi connectivity index (χ0v) is 32.5. The summed E-state index contributed by atoms with van der Waals surface area (Å²) in [4.78, 5) is 13.9. The first-order valence-corrected chi connectivity index (χ1v) is 21.6. The van der Waals surface area contributed by atoms with Crippen LogP contribution in [0.1, 0.15) is 116 Å². The minimum atomic E-state index is -1.88.